The summed E-state index contributed by atoms with van der Waals surface area (Å²) in [6.45, 7) is 2.61. The minimum atomic E-state index is -4.19. The molecule has 1 fully saturated rings. The second-order valence-corrected chi connectivity index (χ2v) is 6.37. The highest BCUT2D eigenvalue weighted by atomic mass is 32.2. The van der Waals surface area contributed by atoms with Gasteiger partial charge in [-0.05, 0) is 6.07 Å². The summed E-state index contributed by atoms with van der Waals surface area (Å²) in [6, 6.07) is 3.46. The number of nitrogens with zero attached hydrogens (tertiary/aromatic N) is 2. The lowest BCUT2D eigenvalue weighted by atomic mass is 10.2. The van der Waals surface area contributed by atoms with E-state index in [1.807, 2.05) is 0 Å². The largest absolute Gasteiger partial charge is 0.748 e. The van der Waals surface area contributed by atoms with Crippen molar-refractivity contribution in [2.75, 3.05) is 32.1 Å². The van der Waals surface area contributed by atoms with Crippen molar-refractivity contribution in [1.82, 2.24) is 4.90 Å². The number of rotatable bonds is 5. The SMILES string of the molecule is O=C(c1ccc[n+](CCCS(=O)(=O)[O-])c1)N1CCOCC1. The molecule has 1 aromatic heterocycles. The van der Waals surface area contributed by atoms with Crippen molar-refractivity contribution in [3.63, 3.8) is 0 Å². The van der Waals surface area contributed by atoms with E-state index in [9.17, 15) is 17.8 Å². The van der Waals surface area contributed by atoms with Crippen LogP contribution in [0.2, 0.25) is 0 Å². The number of carbonyl (C=O) groups is 1. The van der Waals surface area contributed by atoms with Gasteiger partial charge in [-0.25, -0.2) is 13.0 Å². The van der Waals surface area contributed by atoms with Gasteiger partial charge in [0.05, 0.1) is 23.3 Å². The molecule has 1 amide bonds. The molecule has 0 N–H and O–H groups in total. The Kier molecular flexibility index (Phi) is 5.27. The molecule has 1 aliphatic heterocycles. The Hall–Kier alpha value is -1.51. The van der Waals surface area contributed by atoms with Gasteiger partial charge in [0.2, 0.25) is 0 Å². The van der Waals surface area contributed by atoms with Crippen LogP contribution in [0.1, 0.15) is 16.8 Å². The minimum Gasteiger partial charge on any atom is -0.748 e. The average Bonchev–Trinajstić information content (AvgIpc) is 2.46. The number of aromatic nitrogens is 1. The van der Waals surface area contributed by atoms with Gasteiger partial charge in [0.1, 0.15) is 12.1 Å². The lowest BCUT2D eigenvalue weighted by Crippen LogP contribution is -2.42. The molecule has 1 saturated heterocycles. The van der Waals surface area contributed by atoms with E-state index in [2.05, 4.69) is 0 Å². The number of pyridine rings is 1. The molecular weight excluding hydrogens is 296 g/mol. The molecule has 0 saturated carbocycles. The number of hydrogen-bond donors (Lipinski definition) is 0. The second kappa shape index (κ2) is 6.97. The minimum absolute atomic E-state index is 0.0657. The smallest absolute Gasteiger partial charge is 0.260 e. The maximum absolute atomic E-state index is 12.3. The highest BCUT2D eigenvalue weighted by molar-refractivity contribution is 7.85. The first-order valence-electron chi connectivity index (χ1n) is 6.75. The Labute approximate surface area is 123 Å². The first-order valence-corrected chi connectivity index (χ1v) is 8.33. The van der Waals surface area contributed by atoms with Crippen molar-refractivity contribution in [3.8, 4) is 0 Å². The zero-order chi connectivity index (χ0) is 15.3. The van der Waals surface area contributed by atoms with Crippen LogP contribution in [-0.4, -0.2) is 55.8 Å². The summed E-state index contributed by atoms with van der Waals surface area (Å²) in [6.07, 6.45) is 3.65. The van der Waals surface area contributed by atoms with Gasteiger partial charge in [0, 0.05) is 31.3 Å². The Morgan fingerprint density at radius 2 is 2.10 bits per heavy atom. The van der Waals surface area contributed by atoms with Crippen LogP contribution in [0.25, 0.3) is 0 Å². The fourth-order valence-electron chi connectivity index (χ4n) is 2.16. The molecular formula is C13H18N2O5S. The van der Waals surface area contributed by atoms with Crippen molar-refractivity contribution in [2.45, 2.75) is 13.0 Å². The molecule has 8 heteroatoms. The molecule has 0 aliphatic carbocycles. The van der Waals surface area contributed by atoms with E-state index in [0.717, 1.165) is 0 Å². The summed E-state index contributed by atoms with van der Waals surface area (Å²) < 4.78 is 38.6. The summed E-state index contributed by atoms with van der Waals surface area (Å²) in [5.74, 6) is -0.467. The summed E-state index contributed by atoms with van der Waals surface area (Å²) in [7, 11) is -4.19. The maximum Gasteiger partial charge on any atom is 0.260 e. The molecule has 0 bridgehead atoms. The zero-order valence-electron chi connectivity index (χ0n) is 11.6. The van der Waals surface area contributed by atoms with Crippen LogP contribution >= 0.6 is 0 Å². The van der Waals surface area contributed by atoms with Gasteiger partial charge >= 0.3 is 0 Å². The fraction of sp³-hybridized carbons (Fsp3) is 0.538. The van der Waals surface area contributed by atoms with Gasteiger partial charge in [0.15, 0.2) is 12.4 Å². The van der Waals surface area contributed by atoms with E-state index in [0.29, 0.717) is 38.4 Å². The van der Waals surface area contributed by atoms with Crippen molar-refractivity contribution in [3.05, 3.63) is 30.1 Å². The number of carbonyl (C=O) groups excluding carboxylic acids is 1. The number of morpholine rings is 1. The highest BCUT2D eigenvalue weighted by Gasteiger charge is 2.20. The molecule has 7 nitrogen and oxygen atoms in total. The molecule has 21 heavy (non-hydrogen) atoms. The summed E-state index contributed by atoms with van der Waals surface area (Å²) in [4.78, 5) is 14.0. The van der Waals surface area contributed by atoms with E-state index in [4.69, 9.17) is 4.74 Å². The van der Waals surface area contributed by atoms with Crippen LogP contribution in [0.3, 0.4) is 0 Å². The van der Waals surface area contributed by atoms with Crippen molar-refractivity contribution >= 4 is 16.0 Å². The van der Waals surface area contributed by atoms with Gasteiger partial charge in [-0.15, -0.1) is 0 Å². The Morgan fingerprint density at radius 1 is 1.38 bits per heavy atom. The summed E-state index contributed by atoms with van der Waals surface area (Å²) >= 11 is 0. The van der Waals surface area contributed by atoms with Crippen molar-refractivity contribution in [2.24, 2.45) is 0 Å². The third-order valence-corrected chi connectivity index (χ3v) is 4.00. The zero-order valence-corrected chi connectivity index (χ0v) is 12.4. The normalized spacial score (nSPS) is 16.0. The molecule has 0 unspecified atom stereocenters. The fourth-order valence-corrected chi connectivity index (χ4v) is 2.64. The number of amides is 1. The maximum atomic E-state index is 12.3. The monoisotopic (exact) mass is 314 g/mol. The molecule has 116 valence electrons. The predicted molar refractivity (Wildman–Crippen MR) is 72.5 cm³/mol. The van der Waals surface area contributed by atoms with E-state index in [1.54, 1.807) is 34.0 Å². The summed E-state index contributed by atoms with van der Waals surface area (Å²) in [5, 5.41) is 0. The van der Waals surface area contributed by atoms with Crippen LogP contribution in [-0.2, 0) is 21.4 Å². The van der Waals surface area contributed by atoms with Crippen molar-refractivity contribution < 1.29 is 27.1 Å². The topological polar surface area (TPSA) is 90.6 Å². The van der Waals surface area contributed by atoms with Crippen LogP contribution in [0, 0.1) is 0 Å². The van der Waals surface area contributed by atoms with Gasteiger partial charge in [0.25, 0.3) is 5.91 Å². The second-order valence-electron chi connectivity index (χ2n) is 4.85. The first-order chi connectivity index (χ1) is 9.96. The van der Waals surface area contributed by atoms with E-state index < -0.39 is 15.9 Å². The molecule has 0 atom stereocenters. The van der Waals surface area contributed by atoms with Crippen LogP contribution < -0.4 is 4.57 Å². The molecule has 2 rings (SSSR count). The molecule has 2 heterocycles. The quantitative estimate of drug-likeness (QED) is 0.534. The molecule has 1 aromatic rings. The molecule has 0 aromatic carbocycles. The third-order valence-electron chi connectivity index (χ3n) is 3.21. The van der Waals surface area contributed by atoms with E-state index >= 15 is 0 Å². The molecule has 0 radical (unpaired) electrons. The number of ether oxygens (including phenoxy) is 1. The molecule has 1 aliphatic rings. The number of hydrogen-bond acceptors (Lipinski definition) is 5. The van der Waals surface area contributed by atoms with E-state index in [-0.39, 0.29) is 12.3 Å². The average molecular weight is 314 g/mol. The van der Waals surface area contributed by atoms with Crippen LogP contribution in [0.15, 0.2) is 24.5 Å². The van der Waals surface area contributed by atoms with Gasteiger partial charge in [-0.1, -0.05) is 0 Å². The van der Waals surface area contributed by atoms with E-state index in [1.165, 1.54) is 0 Å². The van der Waals surface area contributed by atoms with Gasteiger partial charge < -0.3 is 14.2 Å². The Morgan fingerprint density at radius 3 is 2.76 bits per heavy atom. The standard InChI is InChI=1S/C13H18N2O5S/c16-13(15-6-8-20-9-7-15)12-3-1-4-14(11-12)5-2-10-21(17,18)19/h1,3-4,11H,2,5-10H2. The number of aryl methyl sites for hydroxylation is 1. The van der Waals surface area contributed by atoms with Crippen LogP contribution in [0.5, 0.6) is 0 Å². The Balaban J connectivity index is 1.98. The highest BCUT2D eigenvalue weighted by Crippen LogP contribution is 2.05. The van der Waals surface area contributed by atoms with Gasteiger partial charge in [-0.2, -0.15) is 0 Å². The summed E-state index contributed by atoms with van der Waals surface area (Å²) in [5.41, 5.74) is 0.546. The van der Waals surface area contributed by atoms with Crippen molar-refractivity contribution in [1.29, 1.82) is 0 Å². The first kappa shape index (κ1) is 15.9. The lowest BCUT2D eigenvalue weighted by Gasteiger charge is -2.26. The third kappa shape index (κ3) is 5.07. The van der Waals surface area contributed by atoms with Gasteiger partial charge in [-0.3, -0.25) is 4.79 Å². The van der Waals surface area contributed by atoms with Crippen LogP contribution in [0.4, 0.5) is 0 Å². The predicted octanol–water partition coefficient (Wildman–Crippen LogP) is -0.618. The Bertz CT molecular complexity index is 596. The lowest BCUT2D eigenvalue weighted by molar-refractivity contribution is -0.697. The molecule has 0 spiro atoms.